The summed E-state index contributed by atoms with van der Waals surface area (Å²) in [6.45, 7) is 3.16. The third kappa shape index (κ3) is 6.48. The fraction of sp³-hybridized carbons (Fsp3) is 0.400. The molecule has 128 valence electrons. The predicted octanol–water partition coefficient (Wildman–Crippen LogP) is 1.73. The van der Waals surface area contributed by atoms with E-state index in [9.17, 15) is 8.42 Å². The summed E-state index contributed by atoms with van der Waals surface area (Å²) >= 11 is 0. The highest BCUT2D eigenvalue weighted by molar-refractivity contribution is 14.0. The highest BCUT2D eigenvalue weighted by Crippen LogP contribution is 2.11. The van der Waals surface area contributed by atoms with Crippen LogP contribution >= 0.6 is 24.0 Å². The summed E-state index contributed by atoms with van der Waals surface area (Å²) in [4.78, 5) is 4.61. The molecule has 4 N–H and O–H groups in total. The van der Waals surface area contributed by atoms with Gasteiger partial charge in [-0.3, -0.25) is 0 Å². The maximum Gasteiger partial charge on any atom is 0.238 e. The van der Waals surface area contributed by atoms with Crippen molar-refractivity contribution >= 4 is 40.0 Å². The Bertz CT molecular complexity index is 666. The van der Waals surface area contributed by atoms with Crippen molar-refractivity contribution in [2.45, 2.75) is 37.2 Å². The molecule has 0 atom stereocenters. The van der Waals surface area contributed by atoms with Crippen LogP contribution in [0.2, 0.25) is 0 Å². The summed E-state index contributed by atoms with van der Waals surface area (Å²) in [5.74, 6) is 0.734. The molecular weight excluding hydrogens is 427 g/mol. The lowest BCUT2D eigenvalue weighted by Gasteiger charge is -2.16. The Morgan fingerprint density at radius 3 is 2.65 bits per heavy atom. The maximum atomic E-state index is 11.4. The standard InChI is InChI=1S/C15H22N4O2S.HI/c1-2-17-15(19-13-7-3-4-8-13)18-11-12-6-5-9-14(10-12)22(16,20)21;/h3-6,9-10,13H,2,7-8,11H2,1H3,(H2,16,20,21)(H2,17,18,19);1H. The van der Waals surface area contributed by atoms with Crippen LogP contribution in [0.15, 0.2) is 46.3 Å². The summed E-state index contributed by atoms with van der Waals surface area (Å²) in [5, 5.41) is 11.7. The fourth-order valence-corrected chi connectivity index (χ4v) is 2.82. The van der Waals surface area contributed by atoms with Gasteiger partial charge in [-0.15, -0.1) is 24.0 Å². The van der Waals surface area contributed by atoms with Crippen LogP contribution in [-0.2, 0) is 16.6 Å². The zero-order chi connectivity index (χ0) is 16.0. The largest absolute Gasteiger partial charge is 0.357 e. The lowest BCUT2D eigenvalue weighted by Crippen LogP contribution is -2.42. The van der Waals surface area contributed by atoms with Crippen LogP contribution in [-0.4, -0.2) is 27.0 Å². The minimum Gasteiger partial charge on any atom is -0.357 e. The quantitative estimate of drug-likeness (QED) is 0.276. The van der Waals surface area contributed by atoms with Gasteiger partial charge in [0.25, 0.3) is 0 Å². The first-order chi connectivity index (χ1) is 10.5. The van der Waals surface area contributed by atoms with Gasteiger partial charge in [-0.2, -0.15) is 0 Å². The summed E-state index contributed by atoms with van der Waals surface area (Å²) in [5.41, 5.74) is 0.799. The van der Waals surface area contributed by atoms with Crippen LogP contribution in [0.1, 0.15) is 25.3 Å². The maximum absolute atomic E-state index is 11.4. The summed E-state index contributed by atoms with van der Waals surface area (Å²) in [6.07, 6.45) is 6.28. The second-order valence-electron chi connectivity index (χ2n) is 5.17. The number of sulfonamides is 1. The molecule has 1 aromatic carbocycles. The molecule has 0 saturated carbocycles. The topological polar surface area (TPSA) is 96.6 Å². The minimum atomic E-state index is -3.68. The molecule has 0 spiro atoms. The number of benzene rings is 1. The average molecular weight is 450 g/mol. The second kappa shape index (κ2) is 9.24. The molecule has 0 unspecified atom stereocenters. The number of hydrogen-bond acceptors (Lipinski definition) is 3. The fourth-order valence-electron chi connectivity index (χ4n) is 2.24. The molecule has 0 radical (unpaired) electrons. The van der Waals surface area contributed by atoms with Crippen molar-refractivity contribution in [1.82, 2.24) is 10.6 Å². The number of rotatable bonds is 5. The first-order valence-electron chi connectivity index (χ1n) is 7.30. The van der Waals surface area contributed by atoms with Gasteiger partial charge in [0.1, 0.15) is 0 Å². The Hall–Kier alpha value is -1.13. The third-order valence-corrected chi connectivity index (χ3v) is 4.25. The van der Waals surface area contributed by atoms with Gasteiger partial charge in [0, 0.05) is 12.6 Å². The van der Waals surface area contributed by atoms with Gasteiger partial charge in [-0.1, -0.05) is 24.3 Å². The summed E-state index contributed by atoms with van der Waals surface area (Å²) in [7, 11) is -3.68. The van der Waals surface area contributed by atoms with Crippen molar-refractivity contribution in [2.75, 3.05) is 6.54 Å². The molecule has 0 bridgehead atoms. The van der Waals surface area contributed by atoms with Crippen LogP contribution in [0.25, 0.3) is 0 Å². The van der Waals surface area contributed by atoms with E-state index in [1.54, 1.807) is 12.1 Å². The number of hydrogen-bond donors (Lipinski definition) is 3. The zero-order valence-electron chi connectivity index (χ0n) is 13.0. The van der Waals surface area contributed by atoms with Gasteiger partial charge >= 0.3 is 0 Å². The third-order valence-electron chi connectivity index (χ3n) is 3.34. The molecule has 1 aliphatic rings. The van der Waals surface area contributed by atoms with E-state index in [1.165, 1.54) is 6.07 Å². The zero-order valence-corrected chi connectivity index (χ0v) is 16.2. The molecule has 0 amide bonds. The molecule has 0 fully saturated rings. The van der Waals surface area contributed by atoms with Crippen molar-refractivity contribution in [3.05, 3.63) is 42.0 Å². The number of halogens is 1. The first-order valence-corrected chi connectivity index (χ1v) is 8.85. The number of primary sulfonamides is 1. The predicted molar refractivity (Wildman–Crippen MR) is 103 cm³/mol. The Balaban J connectivity index is 0.00000264. The molecule has 8 heteroatoms. The monoisotopic (exact) mass is 450 g/mol. The van der Waals surface area contributed by atoms with E-state index in [4.69, 9.17) is 5.14 Å². The molecule has 0 heterocycles. The number of nitrogens with zero attached hydrogens (tertiary/aromatic N) is 1. The van der Waals surface area contributed by atoms with E-state index in [0.29, 0.717) is 12.6 Å². The average Bonchev–Trinajstić information content (AvgIpc) is 2.97. The van der Waals surface area contributed by atoms with E-state index >= 15 is 0 Å². The number of aliphatic imine (C=N–C) groups is 1. The smallest absolute Gasteiger partial charge is 0.238 e. The molecule has 0 saturated heterocycles. The van der Waals surface area contributed by atoms with Gasteiger partial charge in [-0.25, -0.2) is 18.5 Å². The minimum absolute atomic E-state index is 0. The van der Waals surface area contributed by atoms with E-state index in [-0.39, 0.29) is 28.9 Å². The molecule has 0 aliphatic heterocycles. The lowest BCUT2D eigenvalue weighted by atomic mass is 10.2. The Morgan fingerprint density at radius 1 is 1.35 bits per heavy atom. The highest BCUT2D eigenvalue weighted by Gasteiger charge is 2.12. The van der Waals surface area contributed by atoms with Crippen LogP contribution in [0, 0.1) is 0 Å². The van der Waals surface area contributed by atoms with E-state index in [1.807, 2.05) is 13.0 Å². The van der Waals surface area contributed by atoms with Crippen LogP contribution in [0.4, 0.5) is 0 Å². The normalized spacial score (nSPS) is 15.3. The Kier molecular flexibility index (Phi) is 8.00. The van der Waals surface area contributed by atoms with E-state index in [2.05, 4.69) is 27.8 Å². The molecular formula is C15H23IN4O2S. The molecule has 23 heavy (non-hydrogen) atoms. The van der Waals surface area contributed by atoms with Crippen molar-refractivity contribution in [3.8, 4) is 0 Å². The van der Waals surface area contributed by atoms with Crippen LogP contribution < -0.4 is 15.8 Å². The number of nitrogens with two attached hydrogens (primary N) is 1. The lowest BCUT2D eigenvalue weighted by molar-refractivity contribution is 0.597. The van der Waals surface area contributed by atoms with Gasteiger partial charge in [0.2, 0.25) is 10.0 Å². The van der Waals surface area contributed by atoms with Crippen molar-refractivity contribution in [3.63, 3.8) is 0 Å². The first kappa shape index (κ1) is 19.9. The highest BCUT2D eigenvalue weighted by atomic mass is 127. The SMILES string of the molecule is CCNC(=NCc1cccc(S(N)(=O)=O)c1)NC1CC=CC1.I. The van der Waals surface area contributed by atoms with Crippen LogP contribution in [0.5, 0.6) is 0 Å². The van der Waals surface area contributed by atoms with Crippen LogP contribution in [0.3, 0.4) is 0 Å². The van der Waals surface area contributed by atoms with E-state index < -0.39 is 10.0 Å². The molecule has 6 nitrogen and oxygen atoms in total. The summed E-state index contributed by atoms with van der Waals surface area (Å²) < 4.78 is 22.7. The number of nitrogens with one attached hydrogen (secondary N) is 2. The van der Waals surface area contributed by atoms with E-state index in [0.717, 1.165) is 30.9 Å². The molecule has 1 aromatic rings. The van der Waals surface area contributed by atoms with Gasteiger partial charge in [0.15, 0.2) is 5.96 Å². The molecule has 1 aliphatic carbocycles. The number of guanidine groups is 1. The van der Waals surface area contributed by atoms with Crippen molar-refractivity contribution in [2.24, 2.45) is 10.1 Å². The Labute approximate surface area is 154 Å². The van der Waals surface area contributed by atoms with Crippen molar-refractivity contribution < 1.29 is 8.42 Å². The molecule has 2 rings (SSSR count). The van der Waals surface area contributed by atoms with Gasteiger partial charge in [-0.05, 0) is 37.5 Å². The Morgan fingerprint density at radius 2 is 2.04 bits per heavy atom. The summed E-state index contributed by atoms with van der Waals surface area (Å²) in [6, 6.07) is 6.91. The molecule has 0 aromatic heterocycles. The van der Waals surface area contributed by atoms with Crippen molar-refractivity contribution in [1.29, 1.82) is 0 Å². The second-order valence-corrected chi connectivity index (χ2v) is 6.73. The van der Waals surface area contributed by atoms with Gasteiger partial charge < -0.3 is 10.6 Å². The van der Waals surface area contributed by atoms with Gasteiger partial charge in [0.05, 0.1) is 11.4 Å².